The molecule has 12 heteroatoms. The highest BCUT2D eigenvalue weighted by Crippen LogP contribution is 2.33. The van der Waals surface area contributed by atoms with Gasteiger partial charge in [-0.1, -0.05) is 35.3 Å². The average molecular weight is 541 g/mol. The van der Waals surface area contributed by atoms with Crippen LogP contribution in [-0.2, 0) is 6.54 Å². The van der Waals surface area contributed by atoms with Crippen LogP contribution in [0.1, 0.15) is 22.8 Å². The molecule has 0 aliphatic carbocycles. The van der Waals surface area contributed by atoms with E-state index in [1.165, 1.54) is 30.1 Å². The van der Waals surface area contributed by atoms with Crippen LogP contribution < -0.4 is 5.43 Å². The zero-order chi connectivity index (χ0) is 25.7. The van der Waals surface area contributed by atoms with Crippen molar-refractivity contribution in [2.75, 3.05) is 0 Å². The predicted molar refractivity (Wildman–Crippen MR) is 140 cm³/mol. The smallest absolute Gasteiger partial charge is 0.271 e. The summed E-state index contributed by atoms with van der Waals surface area (Å²) in [6.07, 6.45) is 1.35. The first-order valence-corrected chi connectivity index (χ1v) is 12.2. The Morgan fingerprint density at radius 2 is 1.89 bits per heavy atom. The molecule has 1 amide bonds. The van der Waals surface area contributed by atoms with Crippen LogP contribution in [0.25, 0.3) is 11.4 Å². The van der Waals surface area contributed by atoms with Crippen LogP contribution in [-0.4, -0.2) is 31.8 Å². The van der Waals surface area contributed by atoms with Crippen molar-refractivity contribution in [1.82, 2.24) is 20.2 Å². The molecule has 0 saturated carbocycles. The number of carbonyl (C=O) groups excluding carboxylic acids is 1. The summed E-state index contributed by atoms with van der Waals surface area (Å²) in [4.78, 5) is 23.8. The van der Waals surface area contributed by atoms with Crippen molar-refractivity contribution in [3.05, 3.63) is 98.0 Å². The molecule has 0 spiro atoms. The van der Waals surface area contributed by atoms with Crippen LogP contribution in [0.2, 0.25) is 10.0 Å². The molecule has 0 fully saturated rings. The van der Waals surface area contributed by atoms with Gasteiger partial charge in [0.1, 0.15) is 0 Å². The summed E-state index contributed by atoms with van der Waals surface area (Å²) in [5, 5.41) is 25.7. The Balaban J connectivity index is 1.61. The Morgan fingerprint density at radius 1 is 1.11 bits per heavy atom. The fraction of sp³-hybridized carbons (Fsp3) is 0.0833. The summed E-state index contributed by atoms with van der Waals surface area (Å²) in [5.74, 6) is 0.203. The molecular formula is C24H18Cl2N6O3S. The van der Waals surface area contributed by atoms with Gasteiger partial charge < -0.3 is 4.57 Å². The second-order valence-electron chi connectivity index (χ2n) is 7.35. The Morgan fingerprint density at radius 3 is 2.58 bits per heavy atom. The van der Waals surface area contributed by atoms with Gasteiger partial charge in [0.05, 0.1) is 11.1 Å². The first kappa shape index (κ1) is 25.4. The van der Waals surface area contributed by atoms with Crippen LogP contribution >= 0.6 is 35.0 Å². The van der Waals surface area contributed by atoms with E-state index in [0.717, 1.165) is 5.56 Å². The molecule has 4 rings (SSSR count). The first-order valence-electron chi connectivity index (χ1n) is 10.6. The van der Waals surface area contributed by atoms with Crippen LogP contribution in [0, 0.1) is 10.1 Å². The molecule has 0 bridgehead atoms. The molecule has 36 heavy (non-hydrogen) atoms. The summed E-state index contributed by atoms with van der Waals surface area (Å²) >= 11 is 13.3. The Labute approximate surface area is 220 Å². The highest BCUT2D eigenvalue weighted by molar-refractivity contribution is 7.99. The van der Waals surface area contributed by atoms with Crippen molar-refractivity contribution in [3.8, 4) is 11.4 Å². The molecule has 0 unspecified atom stereocenters. The van der Waals surface area contributed by atoms with Crippen molar-refractivity contribution in [2.24, 2.45) is 5.10 Å². The Hall–Kier alpha value is -3.73. The van der Waals surface area contributed by atoms with Gasteiger partial charge in [-0.15, -0.1) is 10.2 Å². The highest BCUT2D eigenvalue weighted by atomic mass is 35.5. The third-order valence-corrected chi connectivity index (χ3v) is 6.56. The molecule has 1 N–H and O–H groups in total. The van der Waals surface area contributed by atoms with E-state index in [2.05, 4.69) is 20.7 Å². The van der Waals surface area contributed by atoms with Crippen molar-refractivity contribution < 1.29 is 9.72 Å². The number of aromatic nitrogens is 3. The maximum Gasteiger partial charge on any atom is 0.271 e. The molecule has 0 saturated heterocycles. The monoisotopic (exact) mass is 540 g/mol. The zero-order valence-electron chi connectivity index (χ0n) is 18.8. The summed E-state index contributed by atoms with van der Waals surface area (Å²) in [5.41, 5.74) is 3.93. The van der Waals surface area contributed by atoms with E-state index in [1.807, 2.05) is 23.6 Å². The van der Waals surface area contributed by atoms with Crippen molar-refractivity contribution in [2.45, 2.75) is 23.5 Å². The molecule has 1 aromatic heterocycles. The van der Waals surface area contributed by atoms with Gasteiger partial charge in [-0.3, -0.25) is 14.9 Å². The summed E-state index contributed by atoms with van der Waals surface area (Å²) in [6.45, 7) is 2.55. The second-order valence-corrected chi connectivity index (χ2v) is 9.23. The number of carbonyl (C=O) groups is 1. The lowest BCUT2D eigenvalue weighted by atomic mass is 10.2. The largest absolute Gasteiger partial charge is 0.302 e. The van der Waals surface area contributed by atoms with E-state index in [4.69, 9.17) is 23.2 Å². The van der Waals surface area contributed by atoms with E-state index >= 15 is 0 Å². The number of benzene rings is 3. The van der Waals surface area contributed by atoms with Gasteiger partial charge in [0.25, 0.3) is 11.6 Å². The number of nitrogens with zero attached hydrogens (tertiary/aromatic N) is 5. The molecular weight excluding hydrogens is 523 g/mol. The van der Waals surface area contributed by atoms with Gasteiger partial charge in [0, 0.05) is 50.3 Å². The van der Waals surface area contributed by atoms with Gasteiger partial charge in [-0.25, -0.2) is 5.43 Å². The fourth-order valence-corrected chi connectivity index (χ4v) is 4.54. The quantitative estimate of drug-likeness (QED) is 0.164. The molecule has 0 radical (unpaired) electrons. The number of hydrazone groups is 1. The molecule has 0 atom stereocenters. The van der Waals surface area contributed by atoms with E-state index in [9.17, 15) is 14.9 Å². The Kier molecular flexibility index (Phi) is 7.99. The lowest BCUT2D eigenvalue weighted by Gasteiger charge is -2.09. The maximum atomic E-state index is 12.3. The summed E-state index contributed by atoms with van der Waals surface area (Å²) in [7, 11) is 0. The molecule has 3 aromatic carbocycles. The van der Waals surface area contributed by atoms with Gasteiger partial charge in [0.2, 0.25) is 0 Å². The van der Waals surface area contributed by atoms with Gasteiger partial charge in [-0.05, 0) is 61.2 Å². The van der Waals surface area contributed by atoms with E-state index in [0.29, 0.717) is 43.6 Å². The molecule has 1 heterocycles. The van der Waals surface area contributed by atoms with Crippen LogP contribution in [0.4, 0.5) is 5.69 Å². The van der Waals surface area contributed by atoms with E-state index < -0.39 is 10.8 Å². The van der Waals surface area contributed by atoms with Gasteiger partial charge >= 0.3 is 0 Å². The van der Waals surface area contributed by atoms with Gasteiger partial charge in [-0.2, -0.15) is 5.10 Å². The number of non-ortho nitro benzene ring substituents is 1. The summed E-state index contributed by atoms with van der Waals surface area (Å²) in [6, 6.07) is 18.0. The lowest BCUT2D eigenvalue weighted by Crippen LogP contribution is -2.17. The number of nitrogens with one attached hydrogen (secondary N) is 1. The van der Waals surface area contributed by atoms with Crippen molar-refractivity contribution in [3.63, 3.8) is 0 Å². The van der Waals surface area contributed by atoms with Crippen molar-refractivity contribution in [1.29, 1.82) is 0 Å². The average Bonchev–Trinajstić information content (AvgIpc) is 3.27. The lowest BCUT2D eigenvalue weighted by molar-refractivity contribution is -0.384. The normalized spacial score (nSPS) is 11.1. The fourth-order valence-electron chi connectivity index (χ4n) is 3.26. The van der Waals surface area contributed by atoms with E-state index in [1.54, 1.807) is 42.5 Å². The zero-order valence-corrected chi connectivity index (χ0v) is 21.1. The molecule has 0 aliphatic rings. The SMILES string of the molecule is CCn1c(Sc2ccc([N+](=O)[O-])cc2/C=N\NC(=O)c2ccc(Cl)cc2)nnc1-c1cccc(Cl)c1. The summed E-state index contributed by atoms with van der Waals surface area (Å²) < 4.78 is 1.92. The Bertz CT molecular complexity index is 1460. The number of nitro benzene ring substituents is 1. The standard InChI is InChI=1S/C24H18Cl2N6O3S/c1-2-31-22(16-4-3-5-19(26)12-16)28-30-24(31)36-21-11-10-20(32(34)35)13-17(21)14-27-29-23(33)15-6-8-18(25)9-7-15/h3-14H,2H2,1H3,(H,29,33)/b27-14-. The molecule has 9 nitrogen and oxygen atoms in total. The van der Waals surface area contributed by atoms with Crippen molar-refractivity contribution >= 4 is 52.8 Å². The number of amides is 1. The third-order valence-electron chi connectivity index (χ3n) is 5.00. The van der Waals surface area contributed by atoms with E-state index in [-0.39, 0.29) is 5.69 Å². The predicted octanol–water partition coefficient (Wildman–Crippen LogP) is 6.10. The topological polar surface area (TPSA) is 115 Å². The van der Waals surface area contributed by atoms with Gasteiger partial charge in [0.15, 0.2) is 11.0 Å². The molecule has 182 valence electrons. The number of hydrogen-bond acceptors (Lipinski definition) is 7. The minimum Gasteiger partial charge on any atom is -0.302 e. The first-order chi connectivity index (χ1) is 17.4. The maximum absolute atomic E-state index is 12.3. The molecule has 4 aromatic rings. The number of rotatable bonds is 8. The number of nitro groups is 1. The third kappa shape index (κ3) is 5.91. The van der Waals surface area contributed by atoms with Crippen LogP contribution in [0.3, 0.4) is 0 Å². The van der Waals surface area contributed by atoms with Crippen LogP contribution in [0.15, 0.2) is 81.9 Å². The highest BCUT2D eigenvalue weighted by Gasteiger charge is 2.17. The number of hydrogen-bond donors (Lipinski definition) is 1. The minimum absolute atomic E-state index is 0.110. The molecule has 0 aliphatic heterocycles. The minimum atomic E-state index is -0.496. The number of halogens is 2. The second kappa shape index (κ2) is 11.3. The van der Waals surface area contributed by atoms with Crippen LogP contribution in [0.5, 0.6) is 0 Å².